The quantitative estimate of drug-likeness (QED) is 0.893. The Hall–Kier alpha value is -1.42. The Morgan fingerprint density at radius 2 is 2.29 bits per heavy atom. The van der Waals surface area contributed by atoms with Gasteiger partial charge in [-0.3, -0.25) is 4.79 Å². The first-order chi connectivity index (χ1) is 10.2. The third-order valence-electron chi connectivity index (χ3n) is 4.72. The van der Waals surface area contributed by atoms with Crippen molar-refractivity contribution in [1.29, 1.82) is 0 Å². The van der Waals surface area contributed by atoms with Crippen LogP contribution in [0.25, 0.3) is 10.2 Å². The van der Waals surface area contributed by atoms with Crippen molar-refractivity contribution >= 4 is 33.1 Å². The molecule has 3 rings (SSSR count). The number of amides is 1. The van der Waals surface area contributed by atoms with Crippen LogP contribution < -0.4 is 5.32 Å². The Bertz CT molecular complexity index is 637. The van der Waals surface area contributed by atoms with Crippen LogP contribution >= 0.6 is 11.3 Å². The van der Waals surface area contributed by atoms with Crippen molar-refractivity contribution in [2.24, 2.45) is 17.8 Å². The van der Waals surface area contributed by atoms with Crippen molar-refractivity contribution in [1.82, 2.24) is 4.98 Å². The summed E-state index contributed by atoms with van der Waals surface area (Å²) in [5.74, 6) is 1.55. The van der Waals surface area contributed by atoms with Crippen LogP contribution in [0.2, 0.25) is 0 Å². The summed E-state index contributed by atoms with van der Waals surface area (Å²) in [5, 5.41) is 3.12. The number of carbonyl (C=O) groups is 1. The van der Waals surface area contributed by atoms with Gasteiger partial charge < -0.3 is 5.32 Å². The molecule has 1 fully saturated rings. The highest BCUT2D eigenvalue weighted by molar-refractivity contribution is 7.16. The van der Waals surface area contributed by atoms with Gasteiger partial charge in [0.05, 0.1) is 15.7 Å². The fourth-order valence-electron chi connectivity index (χ4n) is 3.42. The maximum atomic E-state index is 12.6. The highest BCUT2D eigenvalue weighted by Crippen LogP contribution is 2.36. The molecule has 1 aliphatic carbocycles. The first-order valence-corrected chi connectivity index (χ1v) is 8.69. The van der Waals surface area contributed by atoms with Gasteiger partial charge in [0.1, 0.15) is 0 Å². The SMILES string of the molecule is CCC1CCC(C)CC1C(=O)Nc1ccc2ncsc2c1. The van der Waals surface area contributed by atoms with Gasteiger partial charge in [0.15, 0.2) is 0 Å². The molecule has 3 nitrogen and oxygen atoms in total. The van der Waals surface area contributed by atoms with Gasteiger partial charge in [0.2, 0.25) is 5.91 Å². The minimum Gasteiger partial charge on any atom is -0.326 e. The highest BCUT2D eigenvalue weighted by Gasteiger charge is 2.32. The van der Waals surface area contributed by atoms with E-state index in [0.29, 0.717) is 11.8 Å². The van der Waals surface area contributed by atoms with Crippen LogP contribution in [0.5, 0.6) is 0 Å². The number of nitrogens with zero attached hydrogens (tertiary/aromatic N) is 1. The smallest absolute Gasteiger partial charge is 0.227 e. The van der Waals surface area contributed by atoms with E-state index < -0.39 is 0 Å². The van der Waals surface area contributed by atoms with E-state index in [0.717, 1.165) is 28.7 Å². The van der Waals surface area contributed by atoms with Crippen LogP contribution in [0.15, 0.2) is 23.7 Å². The molecule has 112 valence electrons. The molecule has 1 aromatic heterocycles. The number of hydrogen-bond donors (Lipinski definition) is 1. The average molecular weight is 302 g/mol. The second-order valence-electron chi connectivity index (χ2n) is 6.22. The van der Waals surface area contributed by atoms with Crippen molar-refractivity contribution in [2.75, 3.05) is 5.32 Å². The Morgan fingerprint density at radius 1 is 1.43 bits per heavy atom. The fourth-order valence-corrected chi connectivity index (χ4v) is 4.14. The Balaban J connectivity index is 1.74. The molecule has 4 heteroatoms. The molecule has 21 heavy (non-hydrogen) atoms. The summed E-state index contributed by atoms with van der Waals surface area (Å²) in [7, 11) is 0. The lowest BCUT2D eigenvalue weighted by atomic mass is 9.73. The number of anilines is 1. The van der Waals surface area contributed by atoms with Crippen LogP contribution in [-0.2, 0) is 4.79 Å². The second-order valence-corrected chi connectivity index (χ2v) is 7.10. The van der Waals surface area contributed by atoms with Gasteiger partial charge in [0, 0.05) is 11.6 Å². The number of thiazole rings is 1. The molecule has 0 saturated heterocycles. The first-order valence-electron chi connectivity index (χ1n) is 7.81. The van der Waals surface area contributed by atoms with Crippen molar-refractivity contribution in [3.05, 3.63) is 23.7 Å². The lowest BCUT2D eigenvalue weighted by molar-refractivity contribution is -0.123. The molecule has 0 radical (unpaired) electrons. The molecule has 1 heterocycles. The minimum atomic E-state index is 0.163. The largest absolute Gasteiger partial charge is 0.326 e. The normalized spacial score (nSPS) is 25.9. The minimum absolute atomic E-state index is 0.163. The molecule has 2 aromatic rings. The van der Waals surface area contributed by atoms with Gasteiger partial charge in [0.25, 0.3) is 0 Å². The van der Waals surface area contributed by atoms with E-state index in [1.165, 1.54) is 12.8 Å². The Morgan fingerprint density at radius 3 is 3.10 bits per heavy atom. The van der Waals surface area contributed by atoms with E-state index >= 15 is 0 Å². The summed E-state index contributed by atoms with van der Waals surface area (Å²) in [6.45, 7) is 4.46. The maximum Gasteiger partial charge on any atom is 0.227 e. The lowest BCUT2D eigenvalue weighted by Gasteiger charge is -2.33. The van der Waals surface area contributed by atoms with E-state index in [4.69, 9.17) is 0 Å². The van der Waals surface area contributed by atoms with Crippen molar-refractivity contribution < 1.29 is 4.79 Å². The number of fused-ring (bicyclic) bond motifs is 1. The molecule has 1 aromatic carbocycles. The van der Waals surface area contributed by atoms with Gasteiger partial charge in [-0.2, -0.15) is 0 Å². The van der Waals surface area contributed by atoms with Crippen molar-refractivity contribution in [2.45, 2.75) is 39.5 Å². The zero-order valence-corrected chi connectivity index (χ0v) is 13.5. The number of carbonyl (C=O) groups excluding carboxylic acids is 1. The second kappa shape index (κ2) is 6.14. The number of benzene rings is 1. The molecule has 0 aliphatic heterocycles. The van der Waals surface area contributed by atoms with E-state index in [1.807, 2.05) is 23.7 Å². The highest BCUT2D eigenvalue weighted by atomic mass is 32.1. The zero-order valence-electron chi connectivity index (χ0n) is 12.6. The zero-order chi connectivity index (χ0) is 14.8. The monoisotopic (exact) mass is 302 g/mol. The Labute approximate surface area is 129 Å². The van der Waals surface area contributed by atoms with Crippen LogP contribution in [0, 0.1) is 17.8 Å². The van der Waals surface area contributed by atoms with E-state index in [-0.39, 0.29) is 11.8 Å². The van der Waals surface area contributed by atoms with Crippen LogP contribution in [0.3, 0.4) is 0 Å². The fraction of sp³-hybridized carbons (Fsp3) is 0.529. The van der Waals surface area contributed by atoms with E-state index in [1.54, 1.807) is 11.3 Å². The summed E-state index contributed by atoms with van der Waals surface area (Å²) in [6, 6.07) is 5.95. The summed E-state index contributed by atoms with van der Waals surface area (Å²) < 4.78 is 1.12. The predicted molar refractivity (Wildman–Crippen MR) is 88.5 cm³/mol. The number of rotatable bonds is 3. The topological polar surface area (TPSA) is 42.0 Å². The number of aromatic nitrogens is 1. The summed E-state index contributed by atoms with van der Waals surface area (Å²) in [6.07, 6.45) is 4.56. The summed E-state index contributed by atoms with van der Waals surface area (Å²) >= 11 is 1.61. The molecule has 0 bridgehead atoms. The predicted octanol–water partition coefficient (Wildman–Crippen LogP) is 4.70. The van der Waals surface area contributed by atoms with Gasteiger partial charge in [-0.05, 0) is 42.9 Å². The number of nitrogens with one attached hydrogen (secondary N) is 1. The van der Waals surface area contributed by atoms with Crippen LogP contribution in [0.4, 0.5) is 5.69 Å². The molecular weight excluding hydrogens is 280 g/mol. The van der Waals surface area contributed by atoms with Crippen LogP contribution in [-0.4, -0.2) is 10.9 Å². The average Bonchev–Trinajstić information content (AvgIpc) is 2.94. The summed E-state index contributed by atoms with van der Waals surface area (Å²) in [4.78, 5) is 16.9. The van der Waals surface area contributed by atoms with Gasteiger partial charge in [-0.1, -0.05) is 26.7 Å². The molecule has 1 saturated carbocycles. The molecule has 1 N–H and O–H groups in total. The van der Waals surface area contributed by atoms with E-state index in [2.05, 4.69) is 24.1 Å². The molecule has 3 unspecified atom stereocenters. The molecule has 1 aliphatic rings. The maximum absolute atomic E-state index is 12.6. The lowest BCUT2D eigenvalue weighted by Crippen LogP contribution is -2.34. The Kier molecular flexibility index (Phi) is 4.24. The van der Waals surface area contributed by atoms with Gasteiger partial charge in [-0.15, -0.1) is 11.3 Å². The van der Waals surface area contributed by atoms with Crippen molar-refractivity contribution in [3.8, 4) is 0 Å². The standard InChI is InChI=1S/C17H22N2OS/c1-3-12-5-4-11(2)8-14(12)17(20)19-13-6-7-15-16(9-13)21-10-18-15/h6-7,9-12,14H,3-5,8H2,1-2H3,(H,19,20). The molecule has 0 spiro atoms. The van der Waals surface area contributed by atoms with Gasteiger partial charge >= 0.3 is 0 Å². The molecule has 3 atom stereocenters. The van der Waals surface area contributed by atoms with Gasteiger partial charge in [-0.25, -0.2) is 4.98 Å². The third-order valence-corrected chi connectivity index (χ3v) is 5.51. The number of hydrogen-bond acceptors (Lipinski definition) is 3. The summed E-state index contributed by atoms with van der Waals surface area (Å²) in [5.41, 5.74) is 3.73. The first kappa shape index (κ1) is 14.5. The van der Waals surface area contributed by atoms with Crippen LogP contribution in [0.1, 0.15) is 39.5 Å². The third kappa shape index (κ3) is 3.10. The molecular formula is C17H22N2OS. The van der Waals surface area contributed by atoms with Crippen molar-refractivity contribution in [3.63, 3.8) is 0 Å². The molecule has 1 amide bonds. The van der Waals surface area contributed by atoms with E-state index in [9.17, 15) is 4.79 Å².